The standard InChI is InChI=1S/C13H12BrN3O2/c14-9-3-1-8(2-4-9)13-16-12(19-17-13)7-10-5-6-11(18)15-10/h1-4,10H,5-7H2,(H,15,18). The minimum absolute atomic E-state index is 0.0950. The molecule has 6 heteroatoms. The number of carbonyl (C=O) groups is 1. The fourth-order valence-corrected chi connectivity index (χ4v) is 2.36. The van der Waals surface area contributed by atoms with Crippen LogP contribution in [-0.4, -0.2) is 22.1 Å². The molecule has 0 spiro atoms. The number of benzene rings is 1. The molecule has 3 rings (SSSR count). The van der Waals surface area contributed by atoms with Crippen LogP contribution in [-0.2, 0) is 11.2 Å². The molecule has 1 aromatic heterocycles. The molecule has 5 nitrogen and oxygen atoms in total. The van der Waals surface area contributed by atoms with Crippen LogP contribution in [0.3, 0.4) is 0 Å². The van der Waals surface area contributed by atoms with E-state index in [4.69, 9.17) is 4.52 Å². The van der Waals surface area contributed by atoms with Gasteiger partial charge in [0.05, 0.1) is 0 Å². The molecule has 1 unspecified atom stereocenters. The lowest BCUT2D eigenvalue weighted by molar-refractivity contribution is -0.119. The van der Waals surface area contributed by atoms with E-state index in [-0.39, 0.29) is 11.9 Å². The summed E-state index contributed by atoms with van der Waals surface area (Å²) >= 11 is 3.38. The Hall–Kier alpha value is -1.69. The van der Waals surface area contributed by atoms with Gasteiger partial charge < -0.3 is 9.84 Å². The van der Waals surface area contributed by atoms with Crippen LogP contribution < -0.4 is 5.32 Å². The molecule has 2 heterocycles. The van der Waals surface area contributed by atoms with Crippen LogP contribution >= 0.6 is 15.9 Å². The van der Waals surface area contributed by atoms with Crippen LogP contribution in [0.5, 0.6) is 0 Å². The first-order valence-electron chi connectivity index (χ1n) is 6.08. The Morgan fingerprint density at radius 1 is 1.37 bits per heavy atom. The molecule has 1 aliphatic heterocycles. The molecule has 0 saturated carbocycles. The van der Waals surface area contributed by atoms with Crippen LogP contribution in [0, 0.1) is 0 Å². The minimum atomic E-state index is 0.0950. The van der Waals surface area contributed by atoms with Gasteiger partial charge in [-0.15, -0.1) is 0 Å². The highest BCUT2D eigenvalue weighted by atomic mass is 79.9. The summed E-state index contributed by atoms with van der Waals surface area (Å²) in [6, 6.07) is 7.84. The highest BCUT2D eigenvalue weighted by Crippen LogP contribution is 2.20. The Kier molecular flexibility index (Phi) is 3.33. The molecule has 1 fully saturated rings. The van der Waals surface area contributed by atoms with Crippen molar-refractivity contribution in [1.29, 1.82) is 0 Å². The average Bonchev–Trinajstić information content (AvgIpc) is 3.00. The molecule has 1 aromatic carbocycles. The normalized spacial score (nSPS) is 18.6. The predicted octanol–water partition coefficient (Wildman–Crippen LogP) is 2.32. The van der Waals surface area contributed by atoms with E-state index < -0.39 is 0 Å². The van der Waals surface area contributed by atoms with Crippen molar-refractivity contribution in [2.45, 2.75) is 25.3 Å². The van der Waals surface area contributed by atoms with E-state index in [2.05, 4.69) is 31.4 Å². The third-order valence-corrected chi connectivity index (χ3v) is 3.61. The summed E-state index contributed by atoms with van der Waals surface area (Å²) < 4.78 is 6.23. The Balaban J connectivity index is 1.72. The van der Waals surface area contributed by atoms with E-state index in [1.54, 1.807) is 0 Å². The highest BCUT2D eigenvalue weighted by molar-refractivity contribution is 9.10. The number of halogens is 1. The molecular formula is C13H12BrN3O2. The van der Waals surface area contributed by atoms with E-state index in [1.165, 1.54) is 0 Å². The summed E-state index contributed by atoms with van der Waals surface area (Å²) in [4.78, 5) is 15.5. The number of nitrogens with one attached hydrogen (secondary N) is 1. The number of carbonyl (C=O) groups excluding carboxylic acids is 1. The molecule has 0 radical (unpaired) electrons. The number of hydrogen-bond donors (Lipinski definition) is 1. The summed E-state index contributed by atoms with van der Waals surface area (Å²) in [5.41, 5.74) is 0.911. The van der Waals surface area contributed by atoms with E-state index in [9.17, 15) is 4.79 Å². The van der Waals surface area contributed by atoms with Crippen molar-refractivity contribution in [2.75, 3.05) is 0 Å². The first-order valence-corrected chi connectivity index (χ1v) is 6.88. The Bertz CT molecular complexity index is 594. The zero-order chi connectivity index (χ0) is 13.2. The summed E-state index contributed by atoms with van der Waals surface area (Å²) in [5, 5.41) is 6.85. The lowest BCUT2D eigenvalue weighted by Crippen LogP contribution is -2.27. The van der Waals surface area contributed by atoms with Gasteiger partial charge in [0, 0.05) is 28.9 Å². The van der Waals surface area contributed by atoms with Crippen molar-refractivity contribution in [3.05, 3.63) is 34.6 Å². The SMILES string of the molecule is O=C1CCC(Cc2nc(-c3ccc(Br)cc3)no2)N1. The second kappa shape index (κ2) is 5.13. The van der Waals surface area contributed by atoms with E-state index in [0.717, 1.165) is 16.5 Å². The maximum atomic E-state index is 11.1. The molecule has 2 aromatic rings. The first kappa shape index (κ1) is 12.3. The Morgan fingerprint density at radius 2 is 2.16 bits per heavy atom. The Labute approximate surface area is 118 Å². The summed E-state index contributed by atoms with van der Waals surface area (Å²) in [7, 11) is 0. The number of rotatable bonds is 3. The van der Waals surface area contributed by atoms with E-state index in [1.807, 2.05) is 24.3 Å². The monoisotopic (exact) mass is 321 g/mol. The molecule has 1 saturated heterocycles. The van der Waals surface area contributed by atoms with Gasteiger partial charge >= 0.3 is 0 Å². The van der Waals surface area contributed by atoms with Crippen LogP contribution in [0.4, 0.5) is 0 Å². The summed E-state index contributed by atoms with van der Waals surface area (Å²) in [5.74, 6) is 1.23. The summed E-state index contributed by atoms with van der Waals surface area (Å²) in [6.45, 7) is 0. The molecule has 0 bridgehead atoms. The van der Waals surface area contributed by atoms with Gasteiger partial charge in [-0.1, -0.05) is 21.1 Å². The second-order valence-corrected chi connectivity index (χ2v) is 5.44. The number of aromatic nitrogens is 2. The van der Waals surface area contributed by atoms with Gasteiger partial charge in [0.15, 0.2) is 0 Å². The largest absolute Gasteiger partial charge is 0.353 e. The van der Waals surface area contributed by atoms with Crippen LogP contribution in [0.2, 0.25) is 0 Å². The maximum Gasteiger partial charge on any atom is 0.229 e. The molecule has 1 N–H and O–H groups in total. The average molecular weight is 322 g/mol. The smallest absolute Gasteiger partial charge is 0.229 e. The molecule has 19 heavy (non-hydrogen) atoms. The number of amides is 1. The molecule has 1 atom stereocenters. The van der Waals surface area contributed by atoms with Crippen LogP contribution in [0.15, 0.2) is 33.3 Å². The zero-order valence-electron chi connectivity index (χ0n) is 10.1. The quantitative estimate of drug-likeness (QED) is 0.942. The molecule has 0 aliphatic carbocycles. The summed E-state index contributed by atoms with van der Waals surface area (Å²) in [6.07, 6.45) is 2.00. The lowest BCUT2D eigenvalue weighted by Gasteiger charge is -2.04. The van der Waals surface area contributed by atoms with Crippen molar-refractivity contribution >= 4 is 21.8 Å². The first-order chi connectivity index (χ1) is 9.20. The van der Waals surface area contributed by atoms with Gasteiger partial charge in [-0.2, -0.15) is 4.98 Å². The van der Waals surface area contributed by atoms with Crippen molar-refractivity contribution in [1.82, 2.24) is 15.5 Å². The molecule has 1 amide bonds. The van der Waals surface area contributed by atoms with Gasteiger partial charge in [0.2, 0.25) is 17.6 Å². The van der Waals surface area contributed by atoms with Crippen molar-refractivity contribution < 1.29 is 9.32 Å². The second-order valence-electron chi connectivity index (χ2n) is 4.53. The van der Waals surface area contributed by atoms with Gasteiger partial charge in [-0.25, -0.2) is 0 Å². The van der Waals surface area contributed by atoms with Crippen molar-refractivity contribution in [3.8, 4) is 11.4 Å². The van der Waals surface area contributed by atoms with Crippen LogP contribution in [0.25, 0.3) is 11.4 Å². The van der Waals surface area contributed by atoms with Gasteiger partial charge in [-0.3, -0.25) is 4.79 Å². The van der Waals surface area contributed by atoms with Gasteiger partial charge in [0.1, 0.15) is 0 Å². The van der Waals surface area contributed by atoms with Crippen LogP contribution in [0.1, 0.15) is 18.7 Å². The molecule has 1 aliphatic rings. The maximum absolute atomic E-state index is 11.1. The van der Waals surface area contributed by atoms with Gasteiger partial charge in [0.25, 0.3) is 0 Å². The van der Waals surface area contributed by atoms with Gasteiger partial charge in [-0.05, 0) is 30.7 Å². The molecule has 98 valence electrons. The zero-order valence-corrected chi connectivity index (χ0v) is 11.7. The highest BCUT2D eigenvalue weighted by Gasteiger charge is 2.23. The Morgan fingerprint density at radius 3 is 2.84 bits per heavy atom. The minimum Gasteiger partial charge on any atom is -0.353 e. The molecular weight excluding hydrogens is 310 g/mol. The lowest BCUT2D eigenvalue weighted by atomic mass is 10.1. The predicted molar refractivity (Wildman–Crippen MR) is 72.3 cm³/mol. The van der Waals surface area contributed by atoms with E-state index in [0.29, 0.717) is 24.6 Å². The fourth-order valence-electron chi connectivity index (χ4n) is 2.10. The number of nitrogens with zero attached hydrogens (tertiary/aromatic N) is 2. The third-order valence-electron chi connectivity index (χ3n) is 3.08. The fraction of sp³-hybridized carbons (Fsp3) is 0.308. The van der Waals surface area contributed by atoms with Crippen molar-refractivity contribution in [2.24, 2.45) is 0 Å². The van der Waals surface area contributed by atoms with E-state index >= 15 is 0 Å². The number of hydrogen-bond acceptors (Lipinski definition) is 4. The van der Waals surface area contributed by atoms with Crippen molar-refractivity contribution in [3.63, 3.8) is 0 Å². The topological polar surface area (TPSA) is 68.0 Å². The third kappa shape index (κ3) is 2.84.